The fourth-order valence-electron chi connectivity index (χ4n) is 2.82. The number of anilines is 1. The molecule has 2 aromatic carbocycles. The number of amides is 2. The van der Waals surface area contributed by atoms with Gasteiger partial charge in [0.25, 0.3) is 0 Å². The van der Waals surface area contributed by atoms with Crippen LogP contribution in [0.15, 0.2) is 48.5 Å². The number of rotatable bonds is 2. The number of carbonyl (C=O) groups excluding carboxylic acids is 2. The van der Waals surface area contributed by atoms with Crippen LogP contribution in [-0.4, -0.2) is 11.8 Å². The van der Waals surface area contributed by atoms with Gasteiger partial charge in [0.1, 0.15) is 0 Å². The van der Waals surface area contributed by atoms with Crippen molar-refractivity contribution in [1.82, 2.24) is 0 Å². The largest absolute Gasteiger partial charge is 0.274 e. The van der Waals surface area contributed by atoms with Crippen molar-refractivity contribution in [2.24, 2.45) is 5.92 Å². The predicted molar refractivity (Wildman–Crippen MR) is 87.3 cm³/mol. The van der Waals surface area contributed by atoms with Gasteiger partial charge in [-0.3, -0.25) is 9.59 Å². The van der Waals surface area contributed by atoms with E-state index in [4.69, 9.17) is 23.2 Å². The molecule has 0 spiro atoms. The molecule has 3 rings (SSSR count). The predicted octanol–water partition coefficient (Wildman–Crippen LogP) is 4.29. The van der Waals surface area contributed by atoms with E-state index in [-0.39, 0.29) is 11.8 Å². The van der Waals surface area contributed by atoms with Crippen molar-refractivity contribution < 1.29 is 9.59 Å². The highest BCUT2D eigenvalue weighted by atomic mass is 35.5. The van der Waals surface area contributed by atoms with Gasteiger partial charge in [-0.25, -0.2) is 4.90 Å². The fourth-order valence-corrected chi connectivity index (χ4v) is 3.34. The van der Waals surface area contributed by atoms with Gasteiger partial charge in [-0.1, -0.05) is 60.5 Å². The minimum atomic E-state index is -0.480. The molecule has 1 aliphatic heterocycles. The standard InChI is InChI=1S/C17H13Cl2NO2/c1-10-15(11-5-3-2-4-6-11)17(22)20(16(10)21)14-8-12(18)7-13(19)9-14/h2-10,15H,1H3/t10-,15-/m1/s1. The monoisotopic (exact) mass is 333 g/mol. The first-order valence-electron chi connectivity index (χ1n) is 6.88. The van der Waals surface area contributed by atoms with E-state index in [1.165, 1.54) is 4.90 Å². The molecule has 0 aliphatic carbocycles. The van der Waals surface area contributed by atoms with Crippen molar-refractivity contribution in [3.05, 3.63) is 64.1 Å². The molecule has 0 aromatic heterocycles. The number of imide groups is 1. The summed E-state index contributed by atoms with van der Waals surface area (Å²) >= 11 is 12.0. The van der Waals surface area contributed by atoms with Crippen LogP contribution in [0.3, 0.4) is 0 Å². The van der Waals surface area contributed by atoms with Crippen LogP contribution >= 0.6 is 23.2 Å². The van der Waals surface area contributed by atoms with Crippen LogP contribution in [0.25, 0.3) is 0 Å². The Morgan fingerprint density at radius 2 is 1.50 bits per heavy atom. The zero-order valence-corrected chi connectivity index (χ0v) is 13.3. The number of nitrogens with zero attached hydrogens (tertiary/aromatic N) is 1. The maximum absolute atomic E-state index is 12.8. The van der Waals surface area contributed by atoms with E-state index in [0.717, 1.165) is 5.56 Å². The fraction of sp³-hybridized carbons (Fsp3) is 0.176. The van der Waals surface area contributed by atoms with Crippen LogP contribution in [0, 0.1) is 5.92 Å². The summed E-state index contributed by atoms with van der Waals surface area (Å²) in [7, 11) is 0. The summed E-state index contributed by atoms with van der Waals surface area (Å²) in [6.45, 7) is 1.77. The smallest absolute Gasteiger partial charge is 0.242 e. The quantitative estimate of drug-likeness (QED) is 0.769. The molecule has 0 N–H and O–H groups in total. The summed E-state index contributed by atoms with van der Waals surface area (Å²) in [5.74, 6) is -1.39. The molecule has 1 aliphatic rings. The molecule has 2 amide bonds. The van der Waals surface area contributed by atoms with Crippen molar-refractivity contribution in [2.45, 2.75) is 12.8 Å². The molecule has 2 aromatic rings. The SMILES string of the molecule is C[C@H]1C(=O)N(c2cc(Cl)cc(Cl)c2)C(=O)[C@H]1c1ccccc1. The maximum Gasteiger partial charge on any atom is 0.242 e. The van der Waals surface area contributed by atoms with Crippen LogP contribution in [0.4, 0.5) is 5.69 Å². The second-order valence-corrected chi connectivity index (χ2v) is 6.19. The van der Waals surface area contributed by atoms with E-state index >= 15 is 0 Å². The number of carbonyl (C=O) groups is 2. The first-order chi connectivity index (χ1) is 10.5. The highest BCUT2D eigenvalue weighted by Crippen LogP contribution is 2.38. The van der Waals surface area contributed by atoms with Gasteiger partial charge in [-0.05, 0) is 23.8 Å². The van der Waals surface area contributed by atoms with E-state index in [1.807, 2.05) is 30.3 Å². The van der Waals surface area contributed by atoms with Gasteiger partial charge in [-0.2, -0.15) is 0 Å². The van der Waals surface area contributed by atoms with Crippen LogP contribution < -0.4 is 4.90 Å². The Bertz CT molecular complexity index is 725. The first kappa shape index (κ1) is 15.1. The Morgan fingerprint density at radius 3 is 2.09 bits per heavy atom. The Labute approximate surface area is 138 Å². The number of halogens is 2. The maximum atomic E-state index is 12.8. The molecule has 1 saturated heterocycles. The third-order valence-electron chi connectivity index (χ3n) is 3.86. The molecule has 0 bridgehead atoms. The van der Waals surface area contributed by atoms with Gasteiger partial charge in [0, 0.05) is 10.0 Å². The summed E-state index contributed by atoms with van der Waals surface area (Å²) in [5.41, 5.74) is 1.25. The molecular weight excluding hydrogens is 321 g/mol. The second kappa shape index (κ2) is 5.75. The van der Waals surface area contributed by atoms with Gasteiger partial charge < -0.3 is 0 Å². The third-order valence-corrected chi connectivity index (χ3v) is 4.30. The van der Waals surface area contributed by atoms with Gasteiger partial charge in [-0.15, -0.1) is 0 Å². The Balaban J connectivity index is 2.04. The third kappa shape index (κ3) is 2.51. The lowest BCUT2D eigenvalue weighted by molar-refractivity contribution is -0.122. The van der Waals surface area contributed by atoms with Crippen molar-refractivity contribution in [3.8, 4) is 0 Å². The molecule has 1 fully saturated rings. The summed E-state index contributed by atoms with van der Waals surface area (Å²) in [6.07, 6.45) is 0. The van der Waals surface area contributed by atoms with Crippen LogP contribution in [0.1, 0.15) is 18.4 Å². The second-order valence-electron chi connectivity index (χ2n) is 5.32. The van der Waals surface area contributed by atoms with Crippen molar-refractivity contribution in [2.75, 3.05) is 4.90 Å². The van der Waals surface area contributed by atoms with Crippen molar-refractivity contribution in [1.29, 1.82) is 0 Å². The van der Waals surface area contributed by atoms with Gasteiger partial charge in [0.05, 0.1) is 17.5 Å². The Morgan fingerprint density at radius 1 is 0.909 bits per heavy atom. The lowest BCUT2D eigenvalue weighted by Gasteiger charge is -2.15. The number of benzene rings is 2. The molecule has 22 heavy (non-hydrogen) atoms. The molecule has 3 nitrogen and oxygen atoms in total. The minimum absolute atomic E-state index is 0.239. The average molecular weight is 334 g/mol. The van der Waals surface area contributed by atoms with Crippen LogP contribution in [0.2, 0.25) is 10.0 Å². The summed E-state index contributed by atoms with van der Waals surface area (Å²) < 4.78 is 0. The van der Waals surface area contributed by atoms with Gasteiger partial charge in [0.2, 0.25) is 11.8 Å². The summed E-state index contributed by atoms with van der Waals surface area (Å²) in [5, 5.41) is 0.776. The van der Waals surface area contributed by atoms with Crippen molar-refractivity contribution in [3.63, 3.8) is 0 Å². The average Bonchev–Trinajstić information content (AvgIpc) is 2.69. The molecule has 0 unspecified atom stereocenters. The molecular formula is C17H13Cl2NO2. The van der Waals surface area contributed by atoms with Crippen molar-refractivity contribution >= 4 is 40.7 Å². The molecule has 112 valence electrons. The molecule has 0 saturated carbocycles. The van der Waals surface area contributed by atoms with E-state index in [9.17, 15) is 9.59 Å². The lowest BCUT2D eigenvalue weighted by atomic mass is 9.89. The molecule has 1 heterocycles. The van der Waals surface area contributed by atoms with Crippen LogP contribution in [-0.2, 0) is 9.59 Å². The normalized spacial score (nSPS) is 21.5. The molecule has 5 heteroatoms. The summed E-state index contributed by atoms with van der Waals surface area (Å²) in [4.78, 5) is 26.5. The topological polar surface area (TPSA) is 37.4 Å². The minimum Gasteiger partial charge on any atom is -0.274 e. The molecule has 2 atom stereocenters. The Hall–Kier alpha value is -1.84. The highest BCUT2D eigenvalue weighted by Gasteiger charge is 2.46. The van der Waals surface area contributed by atoms with E-state index in [2.05, 4.69) is 0 Å². The van der Waals surface area contributed by atoms with E-state index in [0.29, 0.717) is 15.7 Å². The lowest BCUT2D eigenvalue weighted by Crippen LogP contribution is -2.30. The van der Waals surface area contributed by atoms with Gasteiger partial charge in [0.15, 0.2) is 0 Å². The van der Waals surface area contributed by atoms with Gasteiger partial charge >= 0.3 is 0 Å². The molecule has 0 radical (unpaired) electrons. The number of hydrogen-bond acceptors (Lipinski definition) is 2. The van der Waals surface area contributed by atoms with E-state index < -0.39 is 11.8 Å². The zero-order chi connectivity index (χ0) is 15.9. The van der Waals surface area contributed by atoms with E-state index in [1.54, 1.807) is 25.1 Å². The number of hydrogen-bond donors (Lipinski definition) is 0. The van der Waals surface area contributed by atoms with Crippen LogP contribution in [0.5, 0.6) is 0 Å². The Kier molecular flexibility index (Phi) is 3.94. The highest BCUT2D eigenvalue weighted by molar-refractivity contribution is 6.35. The first-order valence-corrected chi connectivity index (χ1v) is 7.63. The summed E-state index contributed by atoms with van der Waals surface area (Å²) in [6, 6.07) is 14.0. The zero-order valence-electron chi connectivity index (χ0n) is 11.8.